The van der Waals surface area contributed by atoms with Crippen LogP contribution in [-0.4, -0.2) is 47.0 Å². The highest BCUT2D eigenvalue weighted by Gasteiger charge is 2.18. The Morgan fingerprint density at radius 2 is 1.73 bits per heavy atom. The third kappa shape index (κ3) is 3.18. The van der Waals surface area contributed by atoms with Crippen LogP contribution >= 0.6 is 0 Å². The third-order valence-corrected chi connectivity index (χ3v) is 2.30. The summed E-state index contributed by atoms with van der Waals surface area (Å²) in [6, 6.07) is 0.205. The summed E-state index contributed by atoms with van der Waals surface area (Å²) in [6.07, 6.45) is -0.353. The second-order valence-electron chi connectivity index (χ2n) is 3.18. The van der Waals surface area contributed by atoms with Gasteiger partial charge in [0.1, 0.15) is 0 Å². The highest BCUT2D eigenvalue weighted by atomic mass is 16.3. The summed E-state index contributed by atoms with van der Waals surface area (Å²) in [5.41, 5.74) is 0. The van der Waals surface area contributed by atoms with Gasteiger partial charge in [0.15, 0.2) is 0 Å². The van der Waals surface area contributed by atoms with Crippen LogP contribution in [0.1, 0.15) is 20.8 Å². The lowest BCUT2D eigenvalue weighted by atomic mass is 10.1. The molecule has 0 amide bonds. The van der Waals surface area contributed by atoms with Crippen LogP contribution in [0, 0.1) is 0 Å². The summed E-state index contributed by atoms with van der Waals surface area (Å²) >= 11 is 0. The molecule has 0 aliphatic heterocycles. The van der Waals surface area contributed by atoms with Crippen molar-refractivity contribution in [3.8, 4) is 0 Å². The van der Waals surface area contributed by atoms with E-state index in [-0.39, 0.29) is 24.8 Å². The van der Waals surface area contributed by atoms with Gasteiger partial charge < -0.3 is 10.2 Å². The normalized spacial score (nSPS) is 19.9. The molecule has 3 nitrogen and oxygen atoms in total. The smallest absolute Gasteiger partial charge is 0.0664 e. The van der Waals surface area contributed by atoms with Gasteiger partial charge in [0.25, 0.3) is 0 Å². The average Bonchev–Trinajstić information content (AvgIpc) is 2.00. The minimum absolute atomic E-state index is 0.0946. The van der Waals surface area contributed by atoms with Crippen molar-refractivity contribution < 1.29 is 10.2 Å². The molecule has 0 heterocycles. The van der Waals surface area contributed by atoms with Crippen molar-refractivity contribution in [3.63, 3.8) is 0 Å². The van der Waals surface area contributed by atoms with E-state index in [4.69, 9.17) is 5.11 Å². The van der Waals surface area contributed by atoms with Crippen molar-refractivity contribution in [1.82, 2.24) is 4.90 Å². The molecule has 0 aromatic rings. The van der Waals surface area contributed by atoms with Crippen LogP contribution in [0.15, 0.2) is 0 Å². The van der Waals surface area contributed by atoms with Crippen molar-refractivity contribution >= 4 is 0 Å². The van der Waals surface area contributed by atoms with E-state index in [1.165, 1.54) is 0 Å². The Balaban J connectivity index is 3.90. The van der Waals surface area contributed by atoms with Crippen LogP contribution in [0.3, 0.4) is 0 Å². The van der Waals surface area contributed by atoms with Gasteiger partial charge >= 0.3 is 0 Å². The number of nitrogens with zero attached hydrogens (tertiary/aromatic N) is 1. The molecule has 3 atom stereocenters. The van der Waals surface area contributed by atoms with E-state index in [0.29, 0.717) is 0 Å². The van der Waals surface area contributed by atoms with Crippen LogP contribution in [0.25, 0.3) is 0 Å². The zero-order chi connectivity index (χ0) is 9.02. The molecule has 68 valence electrons. The van der Waals surface area contributed by atoms with Gasteiger partial charge in [-0.3, -0.25) is 4.90 Å². The maximum absolute atomic E-state index is 9.21. The van der Waals surface area contributed by atoms with Gasteiger partial charge in [-0.2, -0.15) is 0 Å². The molecule has 0 bridgehead atoms. The minimum Gasteiger partial charge on any atom is -0.395 e. The Hall–Kier alpha value is -0.120. The molecule has 0 aromatic carbocycles. The van der Waals surface area contributed by atoms with Crippen LogP contribution in [0.5, 0.6) is 0 Å². The number of rotatable bonds is 4. The standard InChI is InChI=1S/C8H19NO2/c1-6(5-10)9(4)7(2)8(3)11/h6-8,10-11H,5H2,1-4H3. The molecule has 0 aromatic heterocycles. The number of aliphatic hydroxyl groups is 2. The fraction of sp³-hybridized carbons (Fsp3) is 1.00. The predicted molar refractivity (Wildman–Crippen MR) is 45.5 cm³/mol. The van der Waals surface area contributed by atoms with Gasteiger partial charge in [0, 0.05) is 12.1 Å². The van der Waals surface area contributed by atoms with Gasteiger partial charge in [0.05, 0.1) is 12.7 Å². The number of hydrogen-bond acceptors (Lipinski definition) is 3. The summed E-state index contributed by atoms with van der Waals surface area (Å²) in [4.78, 5) is 1.96. The van der Waals surface area contributed by atoms with Gasteiger partial charge in [-0.25, -0.2) is 0 Å². The molecule has 0 radical (unpaired) electrons. The first kappa shape index (κ1) is 10.9. The van der Waals surface area contributed by atoms with Crippen molar-refractivity contribution in [2.75, 3.05) is 13.7 Å². The molecule has 0 aliphatic rings. The molecule has 2 N–H and O–H groups in total. The van der Waals surface area contributed by atoms with E-state index >= 15 is 0 Å². The maximum atomic E-state index is 9.21. The van der Waals surface area contributed by atoms with Gasteiger partial charge in [-0.05, 0) is 27.8 Å². The minimum atomic E-state index is -0.353. The predicted octanol–water partition coefficient (Wildman–Crippen LogP) is 0.0683. The highest BCUT2D eigenvalue weighted by molar-refractivity contribution is 4.72. The van der Waals surface area contributed by atoms with E-state index in [1.54, 1.807) is 6.92 Å². The molecule has 0 rings (SSSR count). The average molecular weight is 161 g/mol. The molecular weight excluding hydrogens is 142 g/mol. The van der Waals surface area contributed by atoms with Gasteiger partial charge in [-0.15, -0.1) is 0 Å². The monoisotopic (exact) mass is 161 g/mol. The molecule has 0 spiro atoms. The van der Waals surface area contributed by atoms with Crippen LogP contribution < -0.4 is 0 Å². The number of likely N-dealkylation sites (N-methyl/N-ethyl adjacent to an activating group) is 1. The van der Waals surface area contributed by atoms with Gasteiger partial charge in [-0.1, -0.05) is 0 Å². The fourth-order valence-electron chi connectivity index (χ4n) is 0.870. The van der Waals surface area contributed by atoms with E-state index < -0.39 is 0 Å². The fourth-order valence-corrected chi connectivity index (χ4v) is 0.870. The zero-order valence-corrected chi connectivity index (χ0v) is 7.78. The van der Waals surface area contributed by atoms with Crippen molar-refractivity contribution in [2.45, 2.75) is 39.0 Å². The molecule has 0 saturated heterocycles. The van der Waals surface area contributed by atoms with E-state index in [1.807, 2.05) is 25.8 Å². The largest absolute Gasteiger partial charge is 0.395 e. The van der Waals surface area contributed by atoms with Crippen LogP contribution in [-0.2, 0) is 0 Å². The summed E-state index contributed by atoms with van der Waals surface area (Å²) in [5.74, 6) is 0. The Morgan fingerprint density at radius 1 is 1.27 bits per heavy atom. The lowest BCUT2D eigenvalue weighted by Crippen LogP contribution is -2.44. The Bertz CT molecular complexity index is 106. The first-order valence-electron chi connectivity index (χ1n) is 4.01. The summed E-state index contributed by atoms with van der Waals surface area (Å²) < 4.78 is 0. The van der Waals surface area contributed by atoms with Crippen molar-refractivity contribution in [1.29, 1.82) is 0 Å². The molecule has 11 heavy (non-hydrogen) atoms. The van der Waals surface area contributed by atoms with E-state index in [2.05, 4.69) is 0 Å². The molecule has 0 fully saturated rings. The SMILES string of the molecule is CC(O)C(C)N(C)C(C)CO. The van der Waals surface area contributed by atoms with Crippen LogP contribution in [0.2, 0.25) is 0 Å². The third-order valence-electron chi connectivity index (χ3n) is 2.30. The maximum Gasteiger partial charge on any atom is 0.0664 e. The van der Waals surface area contributed by atoms with Crippen LogP contribution in [0.4, 0.5) is 0 Å². The molecular formula is C8H19NO2. The molecule has 3 unspecified atom stereocenters. The molecule has 3 heteroatoms. The Labute approximate surface area is 68.6 Å². The summed E-state index contributed by atoms with van der Waals surface area (Å²) in [5, 5.41) is 18.0. The topological polar surface area (TPSA) is 43.7 Å². The number of aliphatic hydroxyl groups excluding tert-OH is 2. The summed E-state index contributed by atoms with van der Waals surface area (Å²) in [6.45, 7) is 5.76. The summed E-state index contributed by atoms with van der Waals surface area (Å²) in [7, 11) is 1.90. The van der Waals surface area contributed by atoms with Crippen molar-refractivity contribution in [2.24, 2.45) is 0 Å². The first-order valence-corrected chi connectivity index (χ1v) is 4.01. The number of hydrogen-bond donors (Lipinski definition) is 2. The van der Waals surface area contributed by atoms with E-state index in [0.717, 1.165) is 0 Å². The highest BCUT2D eigenvalue weighted by Crippen LogP contribution is 2.05. The quantitative estimate of drug-likeness (QED) is 0.613. The lowest BCUT2D eigenvalue weighted by molar-refractivity contribution is 0.0473. The molecule has 0 aliphatic carbocycles. The Morgan fingerprint density at radius 3 is 2.00 bits per heavy atom. The lowest BCUT2D eigenvalue weighted by Gasteiger charge is -2.31. The second kappa shape index (κ2) is 4.70. The first-order chi connectivity index (χ1) is 5.00. The van der Waals surface area contributed by atoms with Gasteiger partial charge in [0.2, 0.25) is 0 Å². The Kier molecular flexibility index (Phi) is 4.65. The zero-order valence-electron chi connectivity index (χ0n) is 7.78. The van der Waals surface area contributed by atoms with Crippen molar-refractivity contribution in [3.05, 3.63) is 0 Å². The molecule has 0 saturated carbocycles. The van der Waals surface area contributed by atoms with E-state index in [9.17, 15) is 5.11 Å². The second-order valence-corrected chi connectivity index (χ2v) is 3.18.